The number of aromatic nitrogens is 3. The van der Waals surface area contributed by atoms with Crippen LogP contribution in [0.15, 0.2) is 60.3 Å². The number of anilines is 2. The summed E-state index contributed by atoms with van der Waals surface area (Å²) in [4.78, 5) is 25.1. The third-order valence-corrected chi connectivity index (χ3v) is 6.19. The Hall–Kier alpha value is -3.39. The molecule has 0 atom stereocenters. The zero-order valence-corrected chi connectivity index (χ0v) is 20.0. The van der Waals surface area contributed by atoms with Crippen LogP contribution in [0, 0.1) is 13.8 Å². The third kappa shape index (κ3) is 6.55. The molecule has 0 fully saturated rings. The number of benzene rings is 2. The lowest BCUT2D eigenvalue weighted by Crippen LogP contribution is -2.19. The Kier molecular flexibility index (Phi) is 8.43. The summed E-state index contributed by atoms with van der Waals surface area (Å²) in [6.45, 7) is 10.3. The number of carbonyl (C=O) groups excluding carboxylic acids is 2. The summed E-state index contributed by atoms with van der Waals surface area (Å²) >= 11 is 1.28. The largest absolute Gasteiger partial charge is 0.325 e. The van der Waals surface area contributed by atoms with Gasteiger partial charge in [-0.25, -0.2) is 0 Å². The van der Waals surface area contributed by atoms with Crippen LogP contribution in [0.1, 0.15) is 29.4 Å². The number of aryl methyl sites for hydroxylation is 3. The number of allylic oxidation sites excluding steroid dienone is 1. The van der Waals surface area contributed by atoms with Crippen molar-refractivity contribution in [3.8, 4) is 0 Å². The van der Waals surface area contributed by atoms with Crippen LogP contribution in [-0.2, 0) is 29.0 Å². The summed E-state index contributed by atoms with van der Waals surface area (Å²) in [5.41, 5.74) is 4.94. The van der Waals surface area contributed by atoms with E-state index in [1.165, 1.54) is 17.3 Å². The Labute approximate surface area is 198 Å². The van der Waals surface area contributed by atoms with E-state index in [1.807, 2.05) is 67.8 Å². The molecule has 1 aromatic heterocycles. The first-order chi connectivity index (χ1) is 15.9. The van der Waals surface area contributed by atoms with Crippen molar-refractivity contribution < 1.29 is 9.59 Å². The number of para-hydroxylation sites is 1. The van der Waals surface area contributed by atoms with E-state index in [4.69, 9.17) is 0 Å². The second-order valence-corrected chi connectivity index (χ2v) is 8.61. The topological polar surface area (TPSA) is 88.9 Å². The second kappa shape index (κ2) is 11.5. The lowest BCUT2D eigenvalue weighted by atomic mass is 10.1. The SMILES string of the molecule is C=CCn1c(CC(=O)Nc2ccccc2CC)nnc1SCC(=O)Nc1ccc(C)c(C)c1. The molecular formula is C25H29N5O2S. The molecule has 172 valence electrons. The lowest BCUT2D eigenvalue weighted by molar-refractivity contribution is -0.116. The molecule has 2 aromatic carbocycles. The fourth-order valence-corrected chi connectivity index (χ4v) is 4.07. The van der Waals surface area contributed by atoms with Crippen molar-refractivity contribution in [2.45, 2.75) is 45.3 Å². The van der Waals surface area contributed by atoms with Gasteiger partial charge < -0.3 is 15.2 Å². The quantitative estimate of drug-likeness (QED) is 0.340. The number of nitrogens with one attached hydrogen (secondary N) is 2. The van der Waals surface area contributed by atoms with Gasteiger partial charge in [-0.2, -0.15) is 0 Å². The summed E-state index contributed by atoms with van der Waals surface area (Å²) in [5, 5.41) is 14.8. The Morgan fingerprint density at radius 2 is 1.85 bits per heavy atom. The van der Waals surface area contributed by atoms with Gasteiger partial charge in [-0.1, -0.05) is 49.0 Å². The van der Waals surface area contributed by atoms with Crippen molar-refractivity contribution in [1.29, 1.82) is 0 Å². The fraction of sp³-hybridized carbons (Fsp3) is 0.280. The van der Waals surface area contributed by atoms with Gasteiger partial charge in [0.15, 0.2) is 5.16 Å². The van der Waals surface area contributed by atoms with E-state index in [0.717, 1.165) is 28.9 Å². The highest BCUT2D eigenvalue weighted by atomic mass is 32.2. The molecule has 1 heterocycles. The molecule has 0 spiro atoms. The Bertz CT molecular complexity index is 1160. The number of hydrogen-bond acceptors (Lipinski definition) is 5. The van der Waals surface area contributed by atoms with Crippen LogP contribution >= 0.6 is 11.8 Å². The smallest absolute Gasteiger partial charge is 0.234 e. The summed E-state index contributed by atoms with van der Waals surface area (Å²) in [6, 6.07) is 13.6. The van der Waals surface area contributed by atoms with Crippen molar-refractivity contribution >= 4 is 35.0 Å². The van der Waals surface area contributed by atoms with Gasteiger partial charge in [0.1, 0.15) is 5.82 Å². The molecule has 3 rings (SSSR count). The van der Waals surface area contributed by atoms with Crippen molar-refractivity contribution in [3.05, 3.63) is 77.6 Å². The van der Waals surface area contributed by atoms with Gasteiger partial charge in [0.2, 0.25) is 11.8 Å². The Morgan fingerprint density at radius 1 is 1.06 bits per heavy atom. The standard InChI is InChI=1S/C25H29N5O2S/c1-5-13-30-22(15-23(31)27-21-10-8-7-9-19(21)6-2)28-29-25(30)33-16-24(32)26-20-12-11-17(3)18(4)14-20/h5,7-12,14H,1,6,13,15-16H2,2-4H3,(H,26,32)(H,27,31). The molecular weight excluding hydrogens is 434 g/mol. The number of nitrogens with zero attached hydrogens (tertiary/aromatic N) is 3. The maximum Gasteiger partial charge on any atom is 0.234 e. The van der Waals surface area contributed by atoms with Gasteiger partial charge in [-0.05, 0) is 55.2 Å². The molecule has 2 N–H and O–H groups in total. The average molecular weight is 464 g/mol. The summed E-state index contributed by atoms with van der Waals surface area (Å²) in [7, 11) is 0. The molecule has 0 unspecified atom stereocenters. The predicted molar refractivity (Wildman–Crippen MR) is 134 cm³/mol. The van der Waals surface area contributed by atoms with E-state index in [-0.39, 0.29) is 24.0 Å². The van der Waals surface area contributed by atoms with E-state index in [0.29, 0.717) is 17.5 Å². The van der Waals surface area contributed by atoms with Crippen LogP contribution in [0.25, 0.3) is 0 Å². The summed E-state index contributed by atoms with van der Waals surface area (Å²) < 4.78 is 1.81. The minimum Gasteiger partial charge on any atom is -0.325 e. The number of thioether (sulfide) groups is 1. The molecule has 0 saturated heterocycles. The molecule has 33 heavy (non-hydrogen) atoms. The summed E-state index contributed by atoms with van der Waals surface area (Å²) in [5.74, 6) is 0.404. The molecule has 0 saturated carbocycles. The molecule has 0 aliphatic heterocycles. The maximum absolute atomic E-state index is 12.6. The van der Waals surface area contributed by atoms with E-state index in [9.17, 15) is 9.59 Å². The van der Waals surface area contributed by atoms with E-state index in [1.54, 1.807) is 6.08 Å². The van der Waals surface area contributed by atoms with Gasteiger partial charge in [0.05, 0.1) is 12.2 Å². The van der Waals surface area contributed by atoms with Gasteiger partial charge in [0, 0.05) is 17.9 Å². The Balaban J connectivity index is 1.63. The molecule has 8 heteroatoms. The van der Waals surface area contributed by atoms with Crippen LogP contribution in [0.4, 0.5) is 11.4 Å². The maximum atomic E-state index is 12.6. The van der Waals surface area contributed by atoms with Crippen LogP contribution in [-0.4, -0.2) is 32.3 Å². The van der Waals surface area contributed by atoms with Crippen LogP contribution in [0.5, 0.6) is 0 Å². The van der Waals surface area contributed by atoms with Gasteiger partial charge in [-0.15, -0.1) is 16.8 Å². The highest BCUT2D eigenvalue weighted by molar-refractivity contribution is 7.99. The number of hydrogen-bond donors (Lipinski definition) is 2. The van der Waals surface area contributed by atoms with Crippen molar-refractivity contribution in [2.75, 3.05) is 16.4 Å². The molecule has 0 aliphatic carbocycles. The van der Waals surface area contributed by atoms with Crippen molar-refractivity contribution in [2.24, 2.45) is 0 Å². The van der Waals surface area contributed by atoms with E-state index in [2.05, 4.69) is 27.4 Å². The number of amides is 2. The average Bonchev–Trinajstić information content (AvgIpc) is 3.16. The van der Waals surface area contributed by atoms with Gasteiger partial charge in [0.25, 0.3) is 0 Å². The first kappa shape index (κ1) is 24.3. The molecule has 0 bridgehead atoms. The summed E-state index contributed by atoms with van der Waals surface area (Å²) in [6.07, 6.45) is 2.62. The normalized spacial score (nSPS) is 10.6. The highest BCUT2D eigenvalue weighted by Crippen LogP contribution is 2.20. The monoisotopic (exact) mass is 463 g/mol. The first-order valence-corrected chi connectivity index (χ1v) is 11.8. The zero-order chi connectivity index (χ0) is 23.8. The molecule has 7 nitrogen and oxygen atoms in total. The molecule has 0 aliphatic rings. The minimum absolute atomic E-state index is 0.0777. The zero-order valence-electron chi connectivity index (χ0n) is 19.2. The molecule has 0 radical (unpaired) electrons. The fourth-order valence-electron chi connectivity index (χ4n) is 3.30. The Morgan fingerprint density at radius 3 is 2.58 bits per heavy atom. The molecule has 3 aromatic rings. The van der Waals surface area contributed by atoms with Crippen LogP contribution < -0.4 is 10.6 Å². The minimum atomic E-state index is -0.169. The number of rotatable bonds is 10. The van der Waals surface area contributed by atoms with Crippen molar-refractivity contribution in [1.82, 2.24) is 14.8 Å². The van der Waals surface area contributed by atoms with Crippen LogP contribution in [0.3, 0.4) is 0 Å². The van der Waals surface area contributed by atoms with Gasteiger partial charge in [-0.3, -0.25) is 9.59 Å². The van der Waals surface area contributed by atoms with Gasteiger partial charge >= 0.3 is 0 Å². The highest BCUT2D eigenvalue weighted by Gasteiger charge is 2.17. The van der Waals surface area contributed by atoms with E-state index >= 15 is 0 Å². The van der Waals surface area contributed by atoms with Crippen molar-refractivity contribution in [3.63, 3.8) is 0 Å². The van der Waals surface area contributed by atoms with Crippen LogP contribution in [0.2, 0.25) is 0 Å². The molecule has 2 amide bonds. The number of carbonyl (C=O) groups is 2. The lowest BCUT2D eigenvalue weighted by Gasteiger charge is -2.11. The first-order valence-electron chi connectivity index (χ1n) is 10.8. The second-order valence-electron chi connectivity index (χ2n) is 7.67. The van der Waals surface area contributed by atoms with E-state index < -0.39 is 0 Å². The predicted octanol–water partition coefficient (Wildman–Crippen LogP) is 4.56. The third-order valence-electron chi connectivity index (χ3n) is 5.22.